The molecule has 1 amide bonds. The molecule has 0 aromatic heterocycles. The van der Waals surface area contributed by atoms with Crippen molar-refractivity contribution < 1.29 is 9.18 Å². The lowest BCUT2D eigenvalue weighted by molar-refractivity contribution is -0.114. The molecular formula is C23H26FN3O. The maximum atomic E-state index is 14.8. The van der Waals surface area contributed by atoms with Crippen LogP contribution in [0.5, 0.6) is 0 Å². The molecule has 2 aromatic carbocycles. The summed E-state index contributed by atoms with van der Waals surface area (Å²) in [6.45, 7) is 10.7. The first-order valence-corrected chi connectivity index (χ1v) is 9.44. The number of hydrogen-bond acceptors (Lipinski definition) is 3. The first-order valence-electron chi connectivity index (χ1n) is 9.44. The van der Waals surface area contributed by atoms with Crippen LogP contribution >= 0.6 is 0 Å². The van der Waals surface area contributed by atoms with Crippen LogP contribution in [0.2, 0.25) is 0 Å². The standard InChI is InChI=1S/C23H26FN3O/c1-6-27-22-12-21(24)17(11-20(22)15(2)13-23(27,4)5)14-25-18-7-9-19(10-8-18)26-16(3)28/h7-14H,6H2,1-5H3,(H,26,28). The van der Waals surface area contributed by atoms with Crippen molar-refractivity contribution in [1.82, 2.24) is 0 Å². The van der Waals surface area contributed by atoms with Gasteiger partial charge in [0.05, 0.1) is 11.2 Å². The number of carbonyl (C=O) groups excluding carboxylic acids is 1. The Kier molecular flexibility index (Phi) is 5.36. The van der Waals surface area contributed by atoms with Gasteiger partial charge in [0.25, 0.3) is 0 Å². The summed E-state index contributed by atoms with van der Waals surface area (Å²) in [7, 11) is 0. The molecule has 4 nitrogen and oxygen atoms in total. The molecule has 0 saturated heterocycles. The maximum absolute atomic E-state index is 14.8. The minimum absolute atomic E-state index is 0.125. The lowest BCUT2D eigenvalue weighted by Gasteiger charge is -2.42. The molecule has 1 aliphatic rings. The Hall–Kier alpha value is -2.95. The zero-order valence-corrected chi connectivity index (χ0v) is 17.0. The van der Waals surface area contributed by atoms with Crippen LogP contribution in [0.15, 0.2) is 47.5 Å². The van der Waals surface area contributed by atoms with Gasteiger partial charge in [-0.1, -0.05) is 6.08 Å². The highest BCUT2D eigenvalue weighted by molar-refractivity contribution is 5.90. The smallest absolute Gasteiger partial charge is 0.221 e. The van der Waals surface area contributed by atoms with Crippen molar-refractivity contribution in [2.75, 3.05) is 16.8 Å². The predicted octanol–water partition coefficient (Wildman–Crippen LogP) is 5.56. The van der Waals surface area contributed by atoms with Gasteiger partial charge in [-0.25, -0.2) is 4.39 Å². The Morgan fingerprint density at radius 1 is 1.25 bits per heavy atom. The minimum Gasteiger partial charge on any atom is -0.363 e. The van der Waals surface area contributed by atoms with E-state index in [0.717, 1.165) is 23.4 Å². The minimum atomic E-state index is -0.290. The van der Waals surface area contributed by atoms with Crippen LogP contribution in [0, 0.1) is 5.82 Å². The Morgan fingerprint density at radius 3 is 2.54 bits per heavy atom. The molecule has 0 aliphatic carbocycles. The number of aliphatic imine (C=N–C) groups is 1. The quantitative estimate of drug-likeness (QED) is 0.707. The van der Waals surface area contributed by atoms with Crippen LogP contribution in [-0.4, -0.2) is 24.2 Å². The van der Waals surface area contributed by atoms with Crippen molar-refractivity contribution in [3.63, 3.8) is 0 Å². The zero-order chi connectivity index (χ0) is 20.5. The van der Waals surface area contributed by atoms with Crippen LogP contribution in [0.1, 0.15) is 45.7 Å². The molecule has 0 bridgehead atoms. The molecule has 1 aliphatic heterocycles. The normalized spacial score (nSPS) is 15.4. The molecule has 0 unspecified atom stereocenters. The largest absolute Gasteiger partial charge is 0.363 e. The van der Waals surface area contributed by atoms with Gasteiger partial charge in [-0.15, -0.1) is 0 Å². The molecule has 0 fully saturated rings. The van der Waals surface area contributed by atoms with Gasteiger partial charge in [0.15, 0.2) is 0 Å². The van der Waals surface area contributed by atoms with E-state index in [1.807, 2.05) is 6.07 Å². The lowest BCUT2D eigenvalue weighted by Crippen LogP contribution is -2.45. The van der Waals surface area contributed by atoms with Crippen molar-refractivity contribution in [3.05, 3.63) is 59.4 Å². The fourth-order valence-corrected chi connectivity index (χ4v) is 3.77. The van der Waals surface area contributed by atoms with Crippen molar-refractivity contribution in [1.29, 1.82) is 0 Å². The summed E-state index contributed by atoms with van der Waals surface area (Å²) >= 11 is 0. The lowest BCUT2D eigenvalue weighted by atomic mass is 9.88. The highest BCUT2D eigenvalue weighted by Gasteiger charge is 2.30. The number of carbonyl (C=O) groups is 1. The summed E-state index contributed by atoms with van der Waals surface area (Å²) in [6, 6.07) is 10.6. The number of amides is 1. The van der Waals surface area contributed by atoms with E-state index in [1.54, 1.807) is 36.5 Å². The summed E-state index contributed by atoms with van der Waals surface area (Å²) < 4.78 is 14.8. The SMILES string of the molecule is CCN1c2cc(F)c(C=Nc3ccc(NC(C)=O)cc3)cc2C(C)=CC1(C)C. The first kappa shape index (κ1) is 19.8. The van der Waals surface area contributed by atoms with Gasteiger partial charge < -0.3 is 10.2 Å². The van der Waals surface area contributed by atoms with Gasteiger partial charge in [-0.05, 0) is 69.7 Å². The molecule has 0 atom stereocenters. The van der Waals surface area contributed by atoms with E-state index in [4.69, 9.17) is 0 Å². The van der Waals surface area contributed by atoms with Crippen LogP contribution in [0.3, 0.4) is 0 Å². The molecule has 0 spiro atoms. The Bertz CT molecular complexity index is 959. The van der Waals surface area contributed by atoms with Crippen LogP contribution < -0.4 is 10.2 Å². The van der Waals surface area contributed by atoms with E-state index in [0.29, 0.717) is 16.9 Å². The second-order valence-corrected chi connectivity index (χ2v) is 7.60. The third-order valence-corrected chi connectivity index (χ3v) is 4.95. The van der Waals surface area contributed by atoms with E-state index in [-0.39, 0.29) is 17.3 Å². The molecule has 0 radical (unpaired) electrons. The summed E-state index contributed by atoms with van der Waals surface area (Å²) in [5.41, 5.74) is 4.78. The second kappa shape index (κ2) is 7.58. The Labute approximate surface area is 165 Å². The van der Waals surface area contributed by atoms with E-state index in [2.05, 4.69) is 49.0 Å². The highest BCUT2D eigenvalue weighted by atomic mass is 19.1. The van der Waals surface area contributed by atoms with Crippen LogP contribution in [0.25, 0.3) is 5.57 Å². The molecule has 5 heteroatoms. The molecular weight excluding hydrogens is 353 g/mol. The topological polar surface area (TPSA) is 44.7 Å². The van der Waals surface area contributed by atoms with E-state index in [1.165, 1.54) is 6.92 Å². The number of fused-ring (bicyclic) bond motifs is 1. The van der Waals surface area contributed by atoms with Gasteiger partial charge in [0, 0.05) is 42.2 Å². The van der Waals surface area contributed by atoms with Gasteiger partial charge in [-0.3, -0.25) is 9.79 Å². The van der Waals surface area contributed by atoms with Gasteiger partial charge in [-0.2, -0.15) is 0 Å². The first-order chi connectivity index (χ1) is 13.2. The van der Waals surface area contributed by atoms with Crippen molar-refractivity contribution >= 4 is 34.8 Å². The van der Waals surface area contributed by atoms with Gasteiger partial charge >= 0.3 is 0 Å². The number of halogens is 1. The average molecular weight is 379 g/mol. The third-order valence-electron chi connectivity index (χ3n) is 4.95. The molecule has 2 aromatic rings. The summed E-state index contributed by atoms with van der Waals surface area (Å²) in [5, 5.41) is 2.71. The number of rotatable bonds is 4. The number of nitrogens with one attached hydrogen (secondary N) is 1. The zero-order valence-electron chi connectivity index (χ0n) is 17.0. The maximum Gasteiger partial charge on any atom is 0.221 e. The Balaban J connectivity index is 1.91. The number of hydrogen-bond donors (Lipinski definition) is 1. The van der Waals surface area contributed by atoms with Crippen molar-refractivity contribution in [2.24, 2.45) is 4.99 Å². The van der Waals surface area contributed by atoms with Crippen LogP contribution in [-0.2, 0) is 4.79 Å². The molecule has 0 saturated carbocycles. The van der Waals surface area contributed by atoms with Crippen molar-refractivity contribution in [2.45, 2.75) is 40.2 Å². The number of likely N-dealkylation sites (N-methyl/N-ethyl adjacent to an activating group) is 1. The van der Waals surface area contributed by atoms with Crippen LogP contribution in [0.4, 0.5) is 21.5 Å². The van der Waals surface area contributed by atoms with Crippen molar-refractivity contribution in [3.8, 4) is 0 Å². The Morgan fingerprint density at radius 2 is 1.93 bits per heavy atom. The highest BCUT2D eigenvalue weighted by Crippen LogP contribution is 2.39. The van der Waals surface area contributed by atoms with E-state index >= 15 is 0 Å². The average Bonchev–Trinajstić information content (AvgIpc) is 2.60. The summed E-state index contributed by atoms with van der Waals surface area (Å²) in [4.78, 5) is 17.7. The summed E-state index contributed by atoms with van der Waals surface area (Å²) in [6.07, 6.45) is 3.77. The molecule has 146 valence electrons. The van der Waals surface area contributed by atoms with E-state index in [9.17, 15) is 9.18 Å². The molecule has 1 heterocycles. The number of anilines is 2. The van der Waals surface area contributed by atoms with Gasteiger partial charge in [0.1, 0.15) is 5.82 Å². The predicted molar refractivity (Wildman–Crippen MR) is 115 cm³/mol. The second-order valence-electron chi connectivity index (χ2n) is 7.60. The molecule has 3 rings (SSSR count). The number of benzene rings is 2. The summed E-state index contributed by atoms with van der Waals surface area (Å²) in [5.74, 6) is -0.415. The number of allylic oxidation sites excluding steroid dienone is 1. The fraction of sp³-hybridized carbons (Fsp3) is 0.304. The fourth-order valence-electron chi connectivity index (χ4n) is 3.77. The molecule has 1 N–H and O–H groups in total. The number of nitrogens with zero attached hydrogens (tertiary/aromatic N) is 2. The van der Waals surface area contributed by atoms with Gasteiger partial charge in [0.2, 0.25) is 5.91 Å². The monoisotopic (exact) mass is 379 g/mol. The third kappa shape index (κ3) is 3.98. The molecule has 28 heavy (non-hydrogen) atoms. The van der Waals surface area contributed by atoms with E-state index < -0.39 is 0 Å².